The predicted octanol–water partition coefficient (Wildman–Crippen LogP) is 7.78. The van der Waals surface area contributed by atoms with E-state index in [0.29, 0.717) is 21.7 Å². The van der Waals surface area contributed by atoms with E-state index in [2.05, 4.69) is 48.5 Å². The minimum Gasteiger partial charge on any atom is -0.0679 e. The van der Waals surface area contributed by atoms with Gasteiger partial charge >= 0.3 is 0 Å². The maximum absolute atomic E-state index is 2.73. The molecule has 0 heteroatoms. The smallest absolute Gasteiger partial charge is 0.00539 e. The second-order valence-electron chi connectivity index (χ2n) is 11.9. The van der Waals surface area contributed by atoms with Crippen molar-refractivity contribution in [1.29, 1.82) is 0 Å². The molecule has 0 nitrogen and oxygen atoms in total. The van der Waals surface area contributed by atoms with E-state index in [-0.39, 0.29) is 0 Å². The van der Waals surface area contributed by atoms with Crippen LogP contribution in [0.3, 0.4) is 0 Å². The molecule has 142 valence electrons. The van der Waals surface area contributed by atoms with E-state index in [1.165, 1.54) is 57.8 Å². The Kier molecular flexibility index (Phi) is 3.90. The summed E-state index contributed by atoms with van der Waals surface area (Å²) in [6.07, 6.45) is 13.1. The van der Waals surface area contributed by atoms with Crippen molar-refractivity contribution in [1.82, 2.24) is 0 Å². The molecule has 0 aromatic heterocycles. The Morgan fingerprint density at radius 1 is 0.800 bits per heavy atom. The van der Waals surface area contributed by atoms with Crippen LogP contribution in [-0.4, -0.2) is 0 Å². The van der Waals surface area contributed by atoms with Crippen LogP contribution in [0.2, 0.25) is 0 Å². The molecule has 0 saturated heterocycles. The normalized spacial score (nSPS) is 49.0. The van der Waals surface area contributed by atoms with Crippen LogP contribution in [0.25, 0.3) is 0 Å². The van der Waals surface area contributed by atoms with Crippen molar-refractivity contribution in [3.63, 3.8) is 0 Å². The lowest BCUT2D eigenvalue weighted by Gasteiger charge is -2.68. The highest BCUT2D eigenvalue weighted by atomic mass is 14.7. The van der Waals surface area contributed by atoms with Crippen LogP contribution in [0, 0.1) is 39.4 Å². The van der Waals surface area contributed by atoms with Crippen LogP contribution < -0.4 is 0 Å². The lowest BCUT2D eigenvalue weighted by Crippen LogP contribution is -2.60. The fourth-order valence-electron chi connectivity index (χ4n) is 8.99. The van der Waals surface area contributed by atoms with Crippen molar-refractivity contribution in [2.75, 3.05) is 0 Å². The predicted molar refractivity (Wildman–Crippen MR) is 108 cm³/mol. The highest BCUT2D eigenvalue weighted by Gasteiger charge is 2.65. The van der Waals surface area contributed by atoms with E-state index in [0.717, 1.165) is 17.8 Å². The Morgan fingerprint density at radius 3 is 2.20 bits per heavy atom. The van der Waals surface area contributed by atoms with Crippen molar-refractivity contribution in [2.24, 2.45) is 39.4 Å². The summed E-state index contributed by atoms with van der Waals surface area (Å²) in [6, 6.07) is 0. The zero-order chi connectivity index (χ0) is 18.3. The molecule has 0 aliphatic heterocycles. The lowest BCUT2D eigenvalue weighted by molar-refractivity contribution is -0.173. The van der Waals surface area contributed by atoms with E-state index in [1.54, 1.807) is 0 Å². The van der Waals surface area contributed by atoms with Gasteiger partial charge < -0.3 is 0 Å². The molecule has 25 heavy (non-hydrogen) atoms. The molecule has 0 aromatic carbocycles. The largest absolute Gasteiger partial charge is 0.0679 e. The molecule has 0 heterocycles. The molecular weight excluding hydrogens is 300 g/mol. The van der Waals surface area contributed by atoms with Gasteiger partial charge in [0.25, 0.3) is 0 Å². The molecule has 0 bridgehead atoms. The second kappa shape index (κ2) is 5.39. The average molecular weight is 343 g/mol. The summed E-state index contributed by atoms with van der Waals surface area (Å²) >= 11 is 0. The van der Waals surface area contributed by atoms with Crippen molar-refractivity contribution in [3.8, 4) is 0 Å². The molecule has 1 unspecified atom stereocenters. The molecule has 4 rings (SSSR count). The van der Waals surface area contributed by atoms with Gasteiger partial charge in [0.2, 0.25) is 0 Å². The maximum atomic E-state index is 2.73. The monoisotopic (exact) mass is 342 g/mol. The van der Waals surface area contributed by atoms with E-state index >= 15 is 0 Å². The molecule has 0 radical (unpaired) electrons. The SMILES string of the molecule is CC(C)C1=C2CC[C@@H]3[C@@]4(C)CCCC(C)(C)C4CC[C@@]3(C)[C@]2(C)CC1. The molecule has 0 spiro atoms. The fraction of sp³-hybridized carbons (Fsp3) is 0.920. The van der Waals surface area contributed by atoms with E-state index in [1.807, 2.05) is 11.1 Å². The molecule has 5 atom stereocenters. The van der Waals surface area contributed by atoms with Crippen molar-refractivity contribution < 1.29 is 0 Å². The zero-order valence-electron chi connectivity index (χ0n) is 18.1. The minimum atomic E-state index is 0.491. The Balaban J connectivity index is 1.78. The number of hydrogen-bond acceptors (Lipinski definition) is 0. The number of rotatable bonds is 1. The van der Waals surface area contributed by atoms with Gasteiger partial charge in [-0.15, -0.1) is 0 Å². The average Bonchev–Trinajstić information content (AvgIpc) is 2.85. The number of hydrogen-bond donors (Lipinski definition) is 0. The summed E-state index contributed by atoms with van der Waals surface area (Å²) in [5.74, 6) is 2.66. The topological polar surface area (TPSA) is 0 Å². The molecule has 0 amide bonds. The standard InChI is InChI=1S/C25H42/c1-17(2)18-11-15-24(6)19(18)9-10-21-23(5)14-8-13-22(3,4)20(23)12-16-25(21,24)7/h17,20-21H,8-16H2,1-7H3/t20?,21-,23+,24-,25-/m1/s1. The summed E-state index contributed by atoms with van der Waals surface area (Å²) in [5.41, 5.74) is 5.94. The first-order valence-electron chi connectivity index (χ1n) is 11.3. The number of allylic oxidation sites excluding steroid dienone is 2. The van der Waals surface area contributed by atoms with E-state index < -0.39 is 0 Å². The third kappa shape index (κ3) is 2.18. The molecule has 3 saturated carbocycles. The Hall–Kier alpha value is -0.260. The van der Waals surface area contributed by atoms with Gasteiger partial charge in [-0.25, -0.2) is 0 Å². The van der Waals surface area contributed by atoms with Gasteiger partial charge in [-0.1, -0.05) is 66.0 Å². The van der Waals surface area contributed by atoms with Crippen molar-refractivity contribution >= 4 is 0 Å². The third-order valence-electron chi connectivity index (χ3n) is 10.4. The molecular formula is C25H42. The summed E-state index contributed by atoms with van der Waals surface area (Å²) in [6.45, 7) is 18.2. The molecule has 0 aromatic rings. The van der Waals surface area contributed by atoms with Gasteiger partial charge in [0.15, 0.2) is 0 Å². The van der Waals surface area contributed by atoms with Crippen LogP contribution in [0.4, 0.5) is 0 Å². The van der Waals surface area contributed by atoms with Crippen LogP contribution in [0.15, 0.2) is 11.1 Å². The molecule has 0 N–H and O–H groups in total. The summed E-state index contributed by atoms with van der Waals surface area (Å²) in [4.78, 5) is 0. The lowest BCUT2D eigenvalue weighted by atomic mass is 9.36. The van der Waals surface area contributed by atoms with Crippen molar-refractivity contribution in [2.45, 2.75) is 106 Å². The van der Waals surface area contributed by atoms with Crippen LogP contribution in [0.1, 0.15) is 106 Å². The molecule has 4 aliphatic rings. The summed E-state index contributed by atoms with van der Waals surface area (Å²) in [7, 11) is 0. The van der Waals surface area contributed by atoms with E-state index in [4.69, 9.17) is 0 Å². The molecule has 4 aliphatic carbocycles. The summed E-state index contributed by atoms with van der Waals surface area (Å²) in [5, 5.41) is 0. The quantitative estimate of drug-likeness (QED) is 0.427. The second-order valence-corrected chi connectivity index (χ2v) is 11.9. The minimum absolute atomic E-state index is 0.491. The van der Waals surface area contributed by atoms with Gasteiger partial charge in [-0.3, -0.25) is 0 Å². The Bertz CT molecular complexity index is 593. The number of fused-ring (bicyclic) bond motifs is 5. The van der Waals surface area contributed by atoms with Crippen LogP contribution in [0.5, 0.6) is 0 Å². The first kappa shape index (κ1) is 18.1. The van der Waals surface area contributed by atoms with Gasteiger partial charge in [-0.2, -0.15) is 0 Å². The summed E-state index contributed by atoms with van der Waals surface area (Å²) < 4.78 is 0. The highest BCUT2D eigenvalue weighted by Crippen LogP contribution is 2.74. The van der Waals surface area contributed by atoms with Gasteiger partial charge in [-0.05, 0) is 90.8 Å². The Morgan fingerprint density at radius 2 is 1.52 bits per heavy atom. The first-order chi connectivity index (χ1) is 11.6. The highest BCUT2D eigenvalue weighted by molar-refractivity contribution is 5.35. The third-order valence-corrected chi connectivity index (χ3v) is 10.4. The molecule has 3 fully saturated rings. The van der Waals surface area contributed by atoms with Crippen LogP contribution in [-0.2, 0) is 0 Å². The first-order valence-corrected chi connectivity index (χ1v) is 11.3. The maximum Gasteiger partial charge on any atom is -0.00539 e. The Labute approximate surface area is 157 Å². The zero-order valence-corrected chi connectivity index (χ0v) is 18.1. The van der Waals surface area contributed by atoms with Gasteiger partial charge in [0.05, 0.1) is 0 Å². The van der Waals surface area contributed by atoms with Gasteiger partial charge in [0, 0.05) is 0 Å². The fourth-order valence-corrected chi connectivity index (χ4v) is 8.99. The van der Waals surface area contributed by atoms with E-state index in [9.17, 15) is 0 Å². The van der Waals surface area contributed by atoms with Crippen molar-refractivity contribution in [3.05, 3.63) is 11.1 Å². The van der Waals surface area contributed by atoms with Crippen LogP contribution >= 0.6 is 0 Å². The van der Waals surface area contributed by atoms with Gasteiger partial charge in [0.1, 0.15) is 0 Å².